The second-order valence-corrected chi connectivity index (χ2v) is 4.34. The van der Waals surface area contributed by atoms with Crippen LogP contribution in [0.2, 0.25) is 0 Å². The lowest BCUT2D eigenvalue weighted by Gasteiger charge is -2.21. The predicted octanol–water partition coefficient (Wildman–Crippen LogP) is 2.13. The molecule has 2 unspecified atom stereocenters. The second kappa shape index (κ2) is 5.54. The van der Waals surface area contributed by atoms with Gasteiger partial charge in [0.1, 0.15) is 6.10 Å². The van der Waals surface area contributed by atoms with Crippen molar-refractivity contribution in [3.8, 4) is 0 Å². The third kappa shape index (κ3) is 2.97. The van der Waals surface area contributed by atoms with E-state index in [0.717, 1.165) is 11.1 Å². The second-order valence-electron chi connectivity index (χ2n) is 3.98. The van der Waals surface area contributed by atoms with Gasteiger partial charge in [0.05, 0.1) is 6.10 Å². The fourth-order valence-corrected chi connectivity index (χ4v) is 1.81. The first kappa shape index (κ1) is 12.6. The maximum absolute atomic E-state index is 9.92. The van der Waals surface area contributed by atoms with Crippen LogP contribution in [0.5, 0.6) is 0 Å². The van der Waals surface area contributed by atoms with Crippen LogP contribution in [0, 0.1) is 0 Å². The molecule has 0 saturated heterocycles. The minimum absolute atomic E-state index is 0.258. The number of aliphatic hydroxyl groups is 2. The Hall–Kier alpha value is -0.510. The molecule has 0 aromatic heterocycles. The van der Waals surface area contributed by atoms with Gasteiger partial charge >= 0.3 is 0 Å². The number of benzene rings is 1. The molecule has 0 bridgehead atoms. The molecule has 0 fully saturated rings. The van der Waals surface area contributed by atoms with Gasteiger partial charge in [0.25, 0.3) is 0 Å². The van der Waals surface area contributed by atoms with Crippen molar-refractivity contribution in [3.63, 3.8) is 0 Å². The molecule has 0 amide bonds. The van der Waals surface area contributed by atoms with E-state index in [2.05, 4.69) is 26.5 Å². The summed E-state index contributed by atoms with van der Waals surface area (Å²) in [5.74, 6) is 0.594. The maximum Gasteiger partial charge on any atom is 0.106 e. The van der Waals surface area contributed by atoms with Crippen molar-refractivity contribution in [2.24, 2.45) is 0 Å². The number of hydrogen-bond acceptors (Lipinski definition) is 3. The van der Waals surface area contributed by atoms with Gasteiger partial charge < -0.3 is 10.2 Å². The maximum atomic E-state index is 9.92. The van der Waals surface area contributed by atoms with Gasteiger partial charge in [0, 0.05) is 5.75 Å². The van der Waals surface area contributed by atoms with Gasteiger partial charge in [-0.3, -0.25) is 0 Å². The zero-order valence-corrected chi connectivity index (χ0v) is 9.98. The van der Waals surface area contributed by atoms with E-state index in [9.17, 15) is 10.2 Å². The van der Waals surface area contributed by atoms with Crippen LogP contribution in [0.25, 0.3) is 0 Å². The minimum Gasteiger partial charge on any atom is -0.389 e. The van der Waals surface area contributed by atoms with Crippen LogP contribution in [0.3, 0.4) is 0 Å². The average molecular weight is 226 g/mol. The SMILES string of the molecule is CC(C)c1ccccc1C(O)C(O)CS. The van der Waals surface area contributed by atoms with Crippen molar-refractivity contribution in [2.45, 2.75) is 32.0 Å². The van der Waals surface area contributed by atoms with Gasteiger partial charge in [0.15, 0.2) is 0 Å². The van der Waals surface area contributed by atoms with Gasteiger partial charge in [-0.25, -0.2) is 0 Å². The Morgan fingerprint density at radius 1 is 1.13 bits per heavy atom. The van der Waals surface area contributed by atoms with Crippen LogP contribution >= 0.6 is 12.6 Å². The first-order valence-corrected chi connectivity index (χ1v) is 5.77. The molecular weight excluding hydrogens is 208 g/mol. The summed E-state index contributed by atoms with van der Waals surface area (Å²) >= 11 is 3.98. The van der Waals surface area contributed by atoms with Gasteiger partial charge in [0.2, 0.25) is 0 Å². The van der Waals surface area contributed by atoms with Crippen LogP contribution in [0.4, 0.5) is 0 Å². The molecule has 2 N–H and O–H groups in total. The van der Waals surface area contributed by atoms with Crippen molar-refractivity contribution in [3.05, 3.63) is 35.4 Å². The monoisotopic (exact) mass is 226 g/mol. The summed E-state index contributed by atoms with van der Waals surface area (Å²) < 4.78 is 0. The number of rotatable bonds is 4. The highest BCUT2D eigenvalue weighted by molar-refractivity contribution is 7.80. The molecule has 2 atom stereocenters. The molecule has 1 rings (SSSR count). The summed E-state index contributed by atoms with van der Waals surface area (Å²) in [4.78, 5) is 0. The van der Waals surface area contributed by atoms with E-state index in [1.165, 1.54) is 0 Å². The molecule has 0 spiro atoms. The van der Waals surface area contributed by atoms with Gasteiger partial charge in [-0.1, -0.05) is 38.1 Å². The largest absolute Gasteiger partial charge is 0.389 e. The van der Waals surface area contributed by atoms with Crippen LogP contribution < -0.4 is 0 Å². The molecule has 3 heteroatoms. The number of thiol groups is 1. The van der Waals surface area contributed by atoms with Gasteiger partial charge in [-0.05, 0) is 17.0 Å². The van der Waals surface area contributed by atoms with E-state index >= 15 is 0 Å². The molecule has 2 nitrogen and oxygen atoms in total. The average Bonchev–Trinajstić information content (AvgIpc) is 2.27. The lowest BCUT2D eigenvalue weighted by Crippen LogP contribution is -2.21. The quantitative estimate of drug-likeness (QED) is 0.688. The predicted molar refractivity (Wildman–Crippen MR) is 65.4 cm³/mol. The zero-order chi connectivity index (χ0) is 11.4. The smallest absolute Gasteiger partial charge is 0.106 e. The fraction of sp³-hybridized carbons (Fsp3) is 0.500. The highest BCUT2D eigenvalue weighted by Crippen LogP contribution is 2.26. The Morgan fingerprint density at radius 3 is 2.13 bits per heavy atom. The molecule has 0 aliphatic heterocycles. The Kier molecular flexibility index (Phi) is 4.64. The van der Waals surface area contributed by atoms with E-state index in [4.69, 9.17) is 0 Å². The first-order chi connectivity index (χ1) is 7.07. The molecule has 0 aliphatic rings. The Labute approximate surface area is 96.4 Å². The van der Waals surface area contributed by atoms with Gasteiger partial charge in [-0.2, -0.15) is 12.6 Å². The zero-order valence-electron chi connectivity index (χ0n) is 9.09. The lowest BCUT2D eigenvalue weighted by molar-refractivity contribution is 0.0331. The van der Waals surface area contributed by atoms with E-state index in [1.54, 1.807) is 0 Å². The molecule has 84 valence electrons. The van der Waals surface area contributed by atoms with Crippen LogP contribution in [-0.4, -0.2) is 22.1 Å². The summed E-state index contributed by atoms with van der Waals surface area (Å²) in [6, 6.07) is 7.65. The third-order valence-corrected chi connectivity index (χ3v) is 2.86. The molecule has 0 radical (unpaired) electrons. The summed E-state index contributed by atoms with van der Waals surface area (Å²) in [5.41, 5.74) is 1.87. The highest BCUT2D eigenvalue weighted by atomic mass is 32.1. The molecule has 0 aliphatic carbocycles. The Balaban J connectivity index is 3.02. The summed E-state index contributed by atoms with van der Waals surface area (Å²) in [6.07, 6.45) is -1.66. The number of hydrogen-bond donors (Lipinski definition) is 3. The highest BCUT2D eigenvalue weighted by Gasteiger charge is 2.20. The van der Waals surface area contributed by atoms with E-state index < -0.39 is 12.2 Å². The normalized spacial score (nSPS) is 15.3. The minimum atomic E-state index is -0.846. The summed E-state index contributed by atoms with van der Waals surface area (Å²) in [7, 11) is 0. The molecule has 15 heavy (non-hydrogen) atoms. The van der Waals surface area contributed by atoms with Crippen LogP contribution in [-0.2, 0) is 0 Å². The molecule has 0 heterocycles. The number of aliphatic hydroxyl groups excluding tert-OH is 2. The van der Waals surface area contributed by atoms with Crippen molar-refractivity contribution in [2.75, 3.05) is 5.75 Å². The lowest BCUT2D eigenvalue weighted by atomic mass is 9.92. The molecule has 0 saturated carbocycles. The summed E-state index contributed by atoms with van der Waals surface area (Å²) in [5, 5.41) is 19.5. The van der Waals surface area contributed by atoms with E-state index in [1.807, 2.05) is 24.3 Å². The van der Waals surface area contributed by atoms with Crippen LogP contribution in [0.1, 0.15) is 37.0 Å². The van der Waals surface area contributed by atoms with E-state index in [0.29, 0.717) is 5.92 Å². The van der Waals surface area contributed by atoms with Crippen molar-refractivity contribution >= 4 is 12.6 Å². The molecular formula is C12H18O2S. The van der Waals surface area contributed by atoms with Crippen LogP contribution in [0.15, 0.2) is 24.3 Å². The first-order valence-electron chi connectivity index (χ1n) is 5.13. The molecule has 1 aromatic rings. The third-order valence-electron chi connectivity index (χ3n) is 2.49. The topological polar surface area (TPSA) is 40.5 Å². The standard InChI is InChI=1S/C12H18O2S/c1-8(2)9-5-3-4-6-10(9)12(14)11(13)7-15/h3-6,8,11-15H,7H2,1-2H3. The van der Waals surface area contributed by atoms with Crippen molar-refractivity contribution in [1.29, 1.82) is 0 Å². The Bertz CT molecular complexity index is 312. The van der Waals surface area contributed by atoms with E-state index in [-0.39, 0.29) is 5.75 Å². The van der Waals surface area contributed by atoms with Crippen molar-refractivity contribution in [1.82, 2.24) is 0 Å². The molecule has 1 aromatic carbocycles. The summed E-state index contributed by atoms with van der Waals surface area (Å²) in [6.45, 7) is 4.14. The van der Waals surface area contributed by atoms with Gasteiger partial charge in [-0.15, -0.1) is 0 Å². The Morgan fingerprint density at radius 2 is 1.67 bits per heavy atom. The van der Waals surface area contributed by atoms with Crippen molar-refractivity contribution < 1.29 is 10.2 Å². The fourth-order valence-electron chi connectivity index (χ4n) is 1.61.